The first-order valence-corrected chi connectivity index (χ1v) is 10.8. The van der Waals surface area contributed by atoms with Crippen LogP contribution in [0, 0.1) is 5.92 Å². The van der Waals surface area contributed by atoms with Crippen LogP contribution in [0.3, 0.4) is 0 Å². The summed E-state index contributed by atoms with van der Waals surface area (Å²) in [5.74, 6) is 0.920. The number of hydrogen-bond donors (Lipinski definition) is 1. The maximum absolute atomic E-state index is 3.54. The monoisotopic (exact) mass is 356 g/mol. The van der Waals surface area contributed by atoms with Crippen LogP contribution in [-0.2, 0) is 0 Å². The Balaban J connectivity index is 0.000000708. The first-order chi connectivity index (χ1) is 12.0. The molecule has 0 radical (unpaired) electrons. The van der Waals surface area contributed by atoms with E-state index in [4.69, 9.17) is 0 Å². The summed E-state index contributed by atoms with van der Waals surface area (Å²) in [6.07, 6.45) is 6.66. The van der Waals surface area contributed by atoms with Crippen molar-refractivity contribution < 1.29 is 0 Å². The number of piperazine rings is 1. The molecule has 0 aromatic heterocycles. The molecule has 0 aromatic rings. The lowest BCUT2D eigenvalue weighted by molar-refractivity contribution is 0.0932. The molecule has 0 unspecified atom stereocenters. The van der Waals surface area contributed by atoms with E-state index >= 15 is 0 Å². The second kappa shape index (κ2) is 16.0. The number of hydrogen-bond acceptors (Lipinski definition) is 4. The highest BCUT2D eigenvalue weighted by molar-refractivity contribution is 4.84. The maximum atomic E-state index is 3.54. The number of unbranched alkanes of at least 4 members (excludes halogenated alkanes) is 1. The van der Waals surface area contributed by atoms with E-state index in [0.717, 1.165) is 19.0 Å². The molecule has 152 valence electrons. The molecular formula is C21H48N4. The summed E-state index contributed by atoms with van der Waals surface area (Å²) >= 11 is 0. The van der Waals surface area contributed by atoms with Crippen LogP contribution in [0.4, 0.5) is 0 Å². The van der Waals surface area contributed by atoms with E-state index in [9.17, 15) is 0 Å². The van der Waals surface area contributed by atoms with Crippen LogP contribution >= 0.6 is 0 Å². The van der Waals surface area contributed by atoms with E-state index in [0.29, 0.717) is 6.04 Å². The Bertz CT molecular complexity index is 273. The summed E-state index contributed by atoms with van der Waals surface area (Å²) in [5, 5.41) is 3.54. The van der Waals surface area contributed by atoms with Gasteiger partial charge in [0.05, 0.1) is 0 Å². The molecule has 0 aromatic carbocycles. The Morgan fingerprint density at radius 3 is 2.00 bits per heavy atom. The molecule has 0 aliphatic carbocycles. The number of likely N-dealkylation sites (tertiary alicyclic amines) is 1. The third-order valence-electron chi connectivity index (χ3n) is 4.88. The highest BCUT2D eigenvalue weighted by atomic mass is 15.3. The van der Waals surface area contributed by atoms with E-state index < -0.39 is 0 Å². The molecule has 0 spiro atoms. The third-order valence-corrected chi connectivity index (χ3v) is 4.88. The third kappa shape index (κ3) is 12.8. The molecule has 25 heavy (non-hydrogen) atoms. The zero-order chi connectivity index (χ0) is 19.1. The zero-order valence-corrected chi connectivity index (χ0v) is 18.5. The van der Waals surface area contributed by atoms with Gasteiger partial charge in [0.15, 0.2) is 0 Å². The molecule has 1 N–H and O–H groups in total. The van der Waals surface area contributed by atoms with Gasteiger partial charge in [0, 0.05) is 38.8 Å². The van der Waals surface area contributed by atoms with E-state index in [1.165, 1.54) is 64.8 Å². The van der Waals surface area contributed by atoms with Gasteiger partial charge in [-0.2, -0.15) is 0 Å². The molecule has 4 nitrogen and oxygen atoms in total. The quantitative estimate of drug-likeness (QED) is 0.815. The lowest BCUT2D eigenvalue weighted by Crippen LogP contribution is -2.56. The van der Waals surface area contributed by atoms with Gasteiger partial charge >= 0.3 is 0 Å². The van der Waals surface area contributed by atoms with Gasteiger partial charge in [-0.3, -0.25) is 4.90 Å². The molecule has 2 saturated heterocycles. The number of likely N-dealkylation sites (N-methyl/N-ethyl adjacent to an activating group) is 1. The van der Waals surface area contributed by atoms with Crippen molar-refractivity contribution in [3.05, 3.63) is 0 Å². The van der Waals surface area contributed by atoms with E-state index in [2.05, 4.69) is 68.9 Å². The smallest absolute Gasteiger partial charge is 0.0348 e. The van der Waals surface area contributed by atoms with Gasteiger partial charge in [0.1, 0.15) is 0 Å². The summed E-state index contributed by atoms with van der Waals surface area (Å²) in [6, 6.07) is 0.702. The zero-order valence-electron chi connectivity index (χ0n) is 18.5. The normalized spacial score (nSPS) is 22.8. The molecular weight excluding hydrogens is 308 g/mol. The summed E-state index contributed by atoms with van der Waals surface area (Å²) < 4.78 is 0. The average Bonchev–Trinajstić information content (AvgIpc) is 2.59. The molecule has 2 heterocycles. The second-order valence-corrected chi connectivity index (χ2v) is 8.07. The SMILES string of the molecule is CCC.CCCC.CN(C)C[C@H]1CNCCN1CC1CCN(C)CC1. The summed E-state index contributed by atoms with van der Waals surface area (Å²) in [4.78, 5) is 7.51. The summed E-state index contributed by atoms with van der Waals surface area (Å²) in [7, 11) is 6.61. The predicted octanol–water partition coefficient (Wildman–Crippen LogP) is 3.39. The van der Waals surface area contributed by atoms with E-state index in [1.54, 1.807) is 0 Å². The molecule has 2 rings (SSSR count). The van der Waals surface area contributed by atoms with Crippen LogP contribution in [0.5, 0.6) is 0 Å². The average molecular weight is 357 g/mol. The Kier molecular flexibility index (Phi) is 15.9. The van der Waals surface area contributed by atoms with Crippen LogP contribution in [-0.4, -0.2) is 87.7 Å². The summed E-state index contributed by atoms with van der Waals surface area (Å²) in [6.45, 7) is 17.2. The predicted molar refractivity (Wildman–Crippen MR) is 114 cm³/mol. The highest BCUT2D eigenvalue weighted by Crippen LogP contribution is 2.19. The minimum Gasteiger partial charge on any atom is -0.314 e. The van der Waals surface area contributed by atoms with Crippen LogP contribution in [0.15, 0.2) is 0 Å². The Hall–Kier alpha value is -0.160. The van der Waals surface area contributed by atoms with Crippen molar-refractivity contribution in [2.24, 2.45) is 5.92 Å². The minimum absolute atomic E-state index is 0.702. The molecule has 2 aliphatic rings. The molecule has 2 fully saturated rings. The number of nitrogens with zero attached hydrogens (tertiary/aromatic N) is 3. The van der Waals surface area contributed by atoms with Crippen molar-refractivity contribution in [3.8, 4) is 0 Å². The first kappa shape index (κ1) is 24.8. The maximum Gasteiger partial charge on any atom is 0.0348 e. The number of piperidine rings is 1. The van der Waals surface area contributed by atoms with E-state index in [1.807, 2.05) is 0 Å². The van der Waals surface area contributed by atoms with Crippen LogP contribution < -0.4 is 5.32 Å². The number of rotatable bonds is 5. The van der Waals surface area contributed by atoms with Crippen molar-refractivity contribution >= 4 is 0 Å². The fourth-order valence-electron chi connectivity index (χ4n) is 3.22. The second-order valence-electron chi connectivity index (χ2n) is 8.07. The fourth-order valence-corrected chi connectivity index (χ4v) is 3.22. The van der Waals surface area contributed by atoms with Crippen molar-refractivity contribution in [2.45, 2.75) is 65.8 Å². The lowest BCUT2D eigenvalue weighted by atomic mass is 9.95. The van der Waals surface area contributed by atoms with Gasteiger partial charge in [-0.15, -0.1) is 0 Å². The van der Waals surface area contributed by atoms with Gasteiger partial charge in [0.2, 0.25) is 0 Å². The van der Waals surface area contributed by atoms with Crippen molar-refractivity contribution in [2.75, 3.05) is 67.0 Å². The topological polar surface area (TPSA) is 21.8 Å². The van der Waals surface area contributed by atoms with Crippen molar-refractivity contribution in [3.63, 3.8) is 0 Å². The molecule has 4 heteroatoms. The van der Waals surface area contributed by atoms with Gasteiger partial charge in [-0.25, -0.2) is 0 Å². The van der Waals surface area contributed by atoms with Crippen LogP contribution in [0.2, 0.25) is 0 Å². The first-order valence-electron chi connectivity index (χ1n) is 10.8. The van der Waals surface area contributed by atoms with E-state index in [-0.39, 0.29) is 0 Å². The van der Waals surface area contributed by atoms with Gasteiger partial charge in [-0.1, -0.05) is 47.0 Å². The van der Waals surface area contributed by atoms with Gasteiger partial charge in [-0.05, 0) is 53.0 Å². The Morgan fingerprint density at radius 1 is 0.960 bits per heavy atom. The molecule has 0 amide bonds. The largest absolute Gasteiger partial charge is 0.314 e. The van der Waals surface area contributed by atoms with Crippen molar-refractivity contribution in [1.82, 2.24) is 20.0 Å². The summed E-state index contributed by atoms with van der Waals surface area (Å²) in [5.41, 5.74) is 0. The Labute approximate surface area is 159 Å². The molecule has 0 bridgehead atoms. The van der Waals surface area contributed by atoms with Gasteiger partial charge < -0.3 is 15.1 Å². The molecule has 0 saturated carbocycles. The van der Waals surface area contributed by atoms with Crippen molar-refractivity contribution in [1.29, 1.82) is 0 Å². The molecule has 2 aliphatic heterocycles. The standard InChI is InChI=1S/C14H30N4.C4H10.C3H8/c1-16(2)12-14-10-15-6-9-18(14)11-13-4-7-17(3)8-5-13;1-3-4-2;1-3-2/h13-15H,4-12H2,1-3H3;3-4H2,1-2H3;3H2,1-2H3/t14-;;/m1../s1. The molecule has 1 atom stereocenters. The van der Waals surface area contributed by atoms with Crippen LogP contribution in [0.25, 0.3) is 0 Å². The highest BCUT2D eigenvalue weighted by Gasteiger charge is 2.26. The lowest BCUT2D eigenvalue weighted by Gasteiger charge is -2.41. The number of nitrogens with one attached hydrogen (secondary N) is 1. The van der Waals surface area contributed by atoms with Crippen LogP contribution in [0.1, 0.15) is 59.8 Å². The fraction of sp³-hybridized carbons (Fsp3) is 1.00. The minimum atomic E-state index is 0.702. The van der Waals surface area contributed by atoms with Gasteiger partial charge in [0.25, 0.3) is 0 Å². The Morgan fingerprint density at radius 2 is 1.52 bits per heavy atom.